The summed E-state index contributed by atoms with van der Waals surface area (Å²) in [7, 11) is 0. The van der Waals surface area contributed by atoms with Crippen LogP contribution in [0.25, 0.3) is 0 Å². The topological polar surface area (TPSA) is 12.9 Å². The Balaban J connectivity index is 2.31. The van der Waals surface area contributed by atoms with Gasteiger partial charge in [-0.15, -0.1) is 11.6 Å². The standard InChI is InChI=1S/C14H12BrCl2N/c1-9(10-4-6-18-7-5-10)14(17)12-8-11(16)2-3-13(12)15/h2-9,14H,1H3. The largest absolute Gasteiger partial charge is 0.265 e. The Labute approximate surface area is 125 Å². The van der Waals surface area contributed by atoms with Gasteiger partial charge in [0.05, 0.1) is 5.38 Å². The Morgan fingerprint density at radius 2 is 1.83 bits per heavy atom. The van der Waals surface area contributed by atoms with Crippen molar-refractivity contribution in [2.24, 2.45) is 0 Å². The third-order valence-electron chi connectivity index (χ3n) is 2.93. The molecule has 2 atom stereocenters. The monoisotopic (exact) mass is 343 g/mol. The van der Waals surface area contributed by atoms with Crippen LogP contribution in [-0.4, -0.2) is 4.98 Å². The molecule has 1 heterocycles. The third kappa shape index (κ3) is 3.05. The minimum atomic E-state index is -0.138. The van der Waals surface area contributed by atoms with Crippen LogP contribution in [0.1, 0.15) is 29.3 Å². The molecule has 2 unspecified atom stereocenters. The summed E-state index contributed by atoms with van der Waals surface area (Å²) in [5.74, 6) is 0.185. The molecule has 0 spiro atoms. The van der Waals surface area contributed by atoms with Gasteiger partial charge in [-0.3, -0.25) is 4.98 Å². The van der Waals surface area contributed by atoms with E-state index in [9.17, 15) is 0 Å². The second kappa shape index (κ2) is 6.05. The Morgan fingerprint density at radius 1 is 1.17 bits per heavy atom. The molecule has 0 saturated carbocycles. The number of hydrogen-bond donors (Lipinski definition) is 0. The molecule has 2 aromatic rings. The maximum absolute atomic E-state index is 6.56. The van der Waals surface area contributed by atoms with Crippen LogP contribution in [0.2, 0.25) is 5.02 Å². The lowest BCUT2D eigenvalue weighted by molar-refractivity contribution is 0.728. The van der Waals surface area contributed by atoms with Crippen LogP contribution in [0.15, 0.2) is 47.2 Å². The fourth-order valence-electron chi connectivity index (χ4n) is 1.83. The number of pyridine rings is 1. The molecule has 1 nitrogen and oxygen atoms in total. The number of rotatable bonds is 3. The molecule has 1 aromatic carbocycles. The summed E-state index contributed by atoms with van der Waals surface area (Å²) in [5, 5.41) is 0.557. The smallest absolute Gasteiger partial charge is 0.0662 e. The summed E-state index contributed by atoms with van der Waals surface area (Å²) >= 11 is 16.1. The first-order valence-corrected chi connectivity index (χ1v) is 7.19. The van der Waals surface area contributed by atoms with E-state index in [0.29, 0.717) is 5.02 Å². The minimum Gasteiger partial charge on any atom is -0.265 e. The van der Waals surface area contributed by atoms with Crippen LogP contribution >= 0.6 is 39.1 Å². The van der Waals surface area contributed by atoms with E-state index in [-0.39, 0.29) is 11.3 Å². The summed E-state index contributed by atoms with van der Waals surface area (Å²) in [5.41, 5.74) is 2.17. The molecule has 0 aliphatic carbocycles. The lowest BCUT2D eigenvalue weighted by atomic mass is 9.94. The summed E-state index contributed by atoms with van der Waals surface area (Å²) in [6.07, 6.45) is 3.56. The van der Waals surface area contributed by atoms with Gasteiger partial charge < -0.3 is 0 Å². The molecule has 1 aromatic heterocycles. The Kier molecular flexibility index (Phi) is 4.66. The van der Waals surface area contributed by atoms with Gasteiger partial charge >= 0.3 is 0 Å². The molecular weight excluding hydrogens is 333 g/mol. The quantitative estimate of drug-likeness (QED) is 0.662. The number of alkyl halides is 1. The van der Waals surface area contributed by atoms with Gasteiger partial charge in [-0.25, -0.2) is 0 Å². The zero-order chi connectivity index (χ0) is 13.1. The van der Waals surface area contributed by atoms with Gasteiger partial charge in [0.2, 0.25) is 0 Å². The second-order valence-electron chi connectivity index (χ2n) is 4.14. The fourth-order valence-corrected chi connectivity index (χ4v) is 2.96. The van der Waals surface area contributed by atoms with Gasteiger partial charge in [-0.1, -0.05) is 34.5 Å². The summed E-state index contributed by atoms with van der Waals surface area (Å²) in [4.78, 5) is 4.02. The predicted molar refractivity (Wildman–Crippen MR) is 80.4 cm³/mol. The van der Waals surface area contributed by atoms with Crippen molar-refractivity contribution in [1.29, 1.82) is 0 Å². The molecule has 0 amide bonds. The average molecular weight is 345 g/mol. The Bertz CT molecular complexity index is 531. The van der Waals surface area contributed by atoms with Crippen molar-refractivity contribution in [2.45, 2.75) is 18.2 Å². The third-order valence-corrected chi connectivity index (χ3v) is 4.50. The molecule has 4 heteroatoms. The first-order chi connectivity index (χ1) is 8.59. The first-order valence-electron chi connectivity index (χ1n) is 5.58. The van der Waals surface area contributed by atoms with Gasteiger partial charge in [0, 0.05) is 27.8 Å². The van der Waals surface area contributed by atoms with Crippen LogP contribution in [-0.2, 0) is 0 Å². The highest BCUT2D eigenvalue weighted by Crippen LogP contribution is 2.39. The minimum absolute atomic E-state index is 0.138. The highest BCUT2D eigenvalue weighted by Gasteiger charge is 2.20. The number of hydrogen-bond acceptors (Lipinski definition) is 1. The Morgan fingerprint density at radius 3 is 2.50 bits per heavy atom. The van der Waals surface area contributed by atoms with Crippen molar-refractivity contribution in [3.63, 3.8) is 0 Å². The van der Waals surface area contributed by atoms with Gasteiger partial charge in [0.15, 0.2) is 0 Å². The molecule has 0 radical (unpaired) electrons. The molecular formula is C14H12BrCl2N. The van der Waals surface area contributed by atoms with Crippen molar-refractivity contribution in [1.82, 2.24) is 4.98 Å². The Hall–Kier alpha value is -0.570. The van der Waals surface area contributed by atoms with E-state index in [2.05, 4.69) is 27.8 Å². The number of aromatic nitrogens is 1. The molecule has 0 N–H and O–H groups in total. The van der Waals surface area contributed by atoms with Gasteiger partial charge in [0.25, 0.3) is 0 Å². The number of benzene rings is 1. The molecule has 0 aliphatic heterocycles. The maximum atomic E-state index is 6.56. The molecule has 0 saturated heterocycles. The van der Waals surface area contributed by atoms with E-state index < -0.39 is 0 Å². The molecule has 18 heavy (non-hydrogen) atoms. The van der Waals surface area contributed by atoms with Crippen molar-refractivity contribution in [2.75, 3.05) is 0 Å². The van der Waals surface area contributed by atoms with Crippen LogP contribution in [0.4, 0.5) is 0 Å². The van der Waals surface area contributed by atoms with Crippen LogP contribution in [0, 0.1) is 0 Å². The van der Waals surface area contributed by atoms with Gasteiger partial charge in [-0.05, 0) is 41.5 Å². The van der Waals surface area contributed by atoms with E-state index in [0.717, 1.165) is 15.6 Å². The lowest BCUT2D eigenvalue weighted by Crippen LogP contribution is -2.03. The van der Waals surface area contributed by atoms with Crippen molar-refractivity contribution in [3.8, 4) is 0 Å². The second-order valence-corrected chi connectivity index (χ2v) is 5.90. The lowest BCUT2D eigenvalue weighted by Gasteiger charge is -2.20. The van der Waals surface area contributed by atoms with E-state index >= 15 is 0 Å². The molecule has 0 bridgehead atoms. The van der Waals surface area contributed by atoms with Gasteiger partial charge in [0.1, 0.15) is 0 Å². The van der Waals surface area contributed by atoms with E-state index in [1.54, 1.807) is 12.4 Å². The summed E-state index contributed by atoms with van der Waals surface area (Å²) in [6, 6.07) is 9.64. The summed E-state index contributed by atoms with van der Waals surface area (Å²) < 4.78 is 0.979. The number of halogens is 3. The number of nitrogens with zero attached hydrogens (tertiary/aromatic N) is 1. The predicted octanol–water partition coefficient (Wildman–Crippen LogP) is 5.58. The average Bonchev–Trinajstić information content (AvgIpc) is 2.41. The highest BCUT2D eigenvalue weighted by atomic mass is 79.9. The highest BCUT2D eigenvalue weighted by molar-refractivity contribution is 9.10. The van der Waals surface area contributed by atoms with E-state index in [1.807, 2.05) is 30.3 Å². The SMILES string of the molecule is CC(c1ccncc1)C(Cl)c1cc(Cl)ccc1Br. The maximum Gasteiger partial charge on any atom is 0.0662 e. The van der Waals surface area contributed by atoms with Crippen molar-refractivity contribution in [3.05, 3.63) is 63.3 Å². The molecule has 94 valence electrons. The molecule has 0 fully saturated rings. The molecule has 0 aliphatic rings. The van der Waals surface area contributed by atoms with Crippen LogP contribution in [0.3, 0.4) is 0 Å². The van der Waals surface area contributed by atoms with E-state index in [4.69, 9.17) is 23.2 Å². The zero-order valence-electron chi connectivity index (χ0n) is 9.78. The van der Waals surface area contributed by atoms with Crippen LogP contribution < -0.4 is 0 Å². The van der Waals surface area contributed by atoms with Gasteiger partial charge in [-0.2, -0.15) is 0 Å². The summed E-state index contributed by atoms with van der Waals surface area (Å²) in [6.45, 7) is 2.10. The fraction of sp³-hybridized carbons (Fsp3) is 0.214. The van der Waals surface area contributed by atoms with E-state index in [1.165, 1.54) is 0 Å². The normalized spacial score (nSPS) is 14.2. The zero-order valence-corrected chi connectivity index (χ0v) is 12.9. The van der Waals surface area contributed by atoms with Crippen molar-refractivity contribution >= 4 is 39.1 Å². The first kappa shape index (κ1) is 13.9. The van der Waals surface area contributed by atoms with Crippen LogP contribution in [0.5, 0.6) is 0 Å². The molecule has 2 rings (SSSR count). The van der Waals surface area contributed by atoms with Crippen molar-refractivity contribution < 1.29 is 0 Å².